The predicted molar refractivity (Wildman–Crippen MR) is 354 cm³/mol. The van der Waals surface area contributed by atoms with E-state index in [2.05, 4.69) is 42.2 Å². The van der Waals surface area contributed by atoms with E-state index in [1.807, 2.05) is 69.9 Å². The van der Waals surface area contributed by atoms with Crippen LogP contribution in [0.2, 0.25) is 0 Å². The SMILES string of the molecule is CC[C@H](C)[C@@H]([C@@H](CC(O)N1CCC[C@H]1[C@H](OC)[C@@H](C)[C@@H](O)N[C@H](C)[C@@H](O)c1ccccc1)C(C)O)N(C)C(O)[C@@H](NC(O)[C@H](C(C)C)N(C)C(O)C(O)C(Cc1cn(CCCCCNC(=O)CBr)nn1)c1ccc(OC2OC(C(=O)O)C(O)C(O)C2O)c([N+](=O)[O-])c1)C(C)C. The van der Waals surface area contributed by atoms with Gasteiger partial charge >= 0.3 is 11.7 Å². The average molecular weight is 1410 g/mol. The number of aliphatic hydroxyl groups excluding tert-OH is 11. The fourth-order valence-corrected chi connectivity index (χ4v) is 13.8. The third-order valence-corrected chi connectivity index (χ3v) is 19.8. The number of nitrogens with one attached hydrogen (secondary N) is 3. The number of amides is 1. The van der Waals surface area contributed by atoms with Crippen molar-refractivity contribution < 1.29 is 90.0 Å². The summed E-state index contributed by atoms with van der Waals surface area (Å²) in [5, 5.41) is 168. The smallest absolute Gasteiger partial charge is 0.335 e. The molecule has 3 heterocycles. The quantitative estimate of drug-likeness (QED) is 0.0126. The Morgan fingerprint density at radius 1 is 0.842 bits per heavy atom. The Morgan fingerprint density at radius 3 is 2.09 bits per heavy atom. The van der Waals surface area contributed by atoms with Crippen LogP contribution < -0.4 is 20.7 Å². The summed E-state index contributed by atoms with van der Waals surface area (Å²) < 4.78 is 18.5. The van der Waals surface area contributed by atoms with Crippen LogP contribution in [0.25, 0.3) is 0 Å². The zero-order valence-corrected chi connectivity index (χ0v) is 58.4. The number of methoxy groups -OCH3 is 1. The van der Waals surface area contributed by atoms with Crippen LogP contribution in [0.4, 0.5) is 5.69 Å². The predicted octanol–water partition coefficient (Wildman–Crippen LogP) is 1.55. The molecule has 30 heteroatoms. The third-order valence-electron chi connectivity index (χ3n) is 19.3. The van der Waals surface area contributed by atoms with Crippen molar-refractivity contribution in [1.29, 1.82) is 0 Å². The first-order valence-corrected chi connectivity index (χ1v) is 34.3. The van der Waals surface area contributed by atoms with Gasteiger partial charge in [-0.25, -0.2) is 4.79 Å². The van der Waals surface area contributed by atoms with E-state index in [-0.39, 0.29) is 47.5 Å². The van der Waals surface area contributed by atoms with Gasteiger partial charge in [0.15, 0.2) is 11.9 Å². The molecular weight excluding hydrogens is 1300 g/mol. The first kappa shape index (κ1) is 81.2. The first-order valence-electron chi connectivity index (χ1n) is 33.1. The van der Waals surface area contributed by atoms with Gasteiger partial charge in [-0.1, -0.05) is 112 Å². The summed E-state index contributed by atoms with van der Waals surface area (Å²) in [6, 6.07) is 9.36. The molecule has 2 aromatic carbocycles. The third kappa shape index (κ3) is 21.5. The molecule has 2 fully saturated rings. The Labute approximate surface area is 566 Å². The van der Waals surface area contributed by atoms with Crippen molar-refractivity contribution in [1.82, 2.24) is 45.6 Å². The number of carbonyl (C=O) groups excluding carboxylic acids is 1. The minimum atomic E-state index is -2.08. The maximum atomic E-state index is 12.8. The molecule has 0 spiro atoms. The highest BCUT2D eigenvalue weighted by Gasteiger charge is 2.50. The van der Waals surface area contributed by atoms with Crippen LogP contribution in [-0.4, -0.2) is 258 Å². The maximum absolute atomic E-state index is 12.8. The lowest BCUT2D eigenvalue weighted by Gasteiger charge is -2.47. The van der Waals surface area contributed by atoms with Crippen LogP contribution in [0.3, 0.4) is 0 Å². The molecule has 3 aromatic rings. The van der Waals surface area contributed by atoms with E-state index in [9.17, 15) is 81.0 Å². The second-order valence-electron chi connectivity index (χ2n) is 26.7. The zero-order chi connectivity index (χ0) is 70.9. The standard InChI is InChI=1S/C65H109BrN10O19/c1-13-36(6)52(43(39(9)77)31-49(79)75-28-20-23-45(75)58(93-12)37(7)60(85)68-38(8)53(80)40-21-16-14-17-22-40)73(11)62(87)50(34(2)3)69-61(86)51(35(4)5)72(10)63(88)54(81)44(30-42-33-74(71-70-42)27-19-15-18-26-67-48(78)32-66)41-24-25-47(46(29-41)76(91)92)94-65-57(84)55(82)56(83)59(95-65)64(89)90/h14,16-17,21-22,24-25,29,33-39,43-45,49-63,65,68-69,77,79-88H,13,15,18-20,23,26-28,30-32H2,1-12H3,(H,67,78)(H,89,90)/t36-,37+,38+,39?,43-,44?,45-,49?,50-,51-,52-,53+,54?,55?,56?,57?,58+,59?,60+,61?,62?,63?,65?/m0/s1. The number of aromatic nitrogens is 3. The minimum absolute atomic E-state index is 0.0711. The minimum Gasteiger partial charge on any atom is -0.479 e. The highest BCUT2D eigenvalue weighted by Crippen LogP contribution is 2.39. The summed E-state index contributed by atoms with van der Waals surface area (Å²) in [5.41, 5.74) is 0.330. The number of unbranched alkanes of at least 4 members (excludes halogenated alkanes) is 2. The van der Waals surface area contributed by atoms with Crippen molar-refractivity contribution in [3.05, 3.63) is 81.7 Å². The van der Waals surface area contributed by atoms with Crippen molar-refractivity contribution in [3.63, 3.8) is 0 Å². The number of aryl methyl sites for hydroxylation is 1. The summed E-state index contributed by atoms with van der Waals surface area (Å²) in [4.78, 5) is 40.6. The molecule has 23 atom stereocenters. The van der Waals surface area contributed by atoms with Gasteiger partial charge in [-0.2, -0.15) is 0 Å². The number of rotatable bonds is 41. The summed E-state index contributed by atoms with van der Waals surface area (Å²) >= 11 is 3.12. The number of carboxylic acids is 1. The molecule has 12 unspecified atom stereocenters. The van der Waals surface area contributed by atoms with Crippen molar-refractivity contribution >= 4 is 33.5 Å². The Hall–Kier alpha value is -4.52. The van der Waals surface area contributed by atoms with Crippen LogP contribution in [-0.2, 0) is 32.0 Å². The lowest BCUT2D eigenvalue weighted by molar-refractivity contribution is -0.387. The van der Waals surface area contributed by atoms with E-state index in [0.717, 1.165) is 25.0 Å². The molecule has 1 amide bonds. The number of hydrogen-bond acceptors (Lipinski definition) is 25. The number of aliphatic carboxylic acids is 1. The van der Waals surface area contributed by atoms with Crippen LogP contribution >= 0.6 is 15.9 Å². The van der Waals surface area contributed by atoms with Gasteiger partial charge in [0, 0.05) is 81.3 Å². The number of aliphatic hydroxyl groups is 11. The molecule has 95 heavy (non-hydrogen) atoms. The highest BCUT2D eigenvalue weighted by molar-refractivity contribution is 9.09. The van der Waals surface area contributed by atoms with Crippen molar-refractivity contribution in [3.8, 4) is 5.75 Å². The number of hydrogen-bond donors (Lipinski definition) is 15. The zero-order valence-electron chi connectivity index (χ0n) is 56.8. The van der Waals surface area contributed by atoms with E-state index in [1.54, 1.807) is 57.6 Å². The van der Waals surface area contributed by atoms with Gasteiger partial charge in [-0.3, -0.25) is 44.9 Å². The fraction of sp³-hybridized carbons (Fsp3) is 0.754. The fourth-order valence-electron chi connectivity index (χ4n) is 13.6. The lowest BCUT2D eigenvalue weighted by atomic mass is 9.80. The number of nitrogens with zero attached hydrogens (tertiary/aromatic N) is 7. The number of likely N-dealkylation sites (N-methyl/N-ethyl adjacent to an activating group) is 2. The number of benzene rings is 2. The van der Waals surface area contributed by atoms with E-state index < -0.39 is 156 Å². The number of nitro benzene ring substituents is 1. The molecule has 0 bridgehead atoms. The molecular formula is C65H109BrN10O19. The first-order chi connectivity index (χ1) is 44.8. The Balaban J connectivity index is 1.39. The monoisotopic (exact) mass is 1410 g/mol. The van der Waals surface area contributed by atoms with Crippen molar-refractivity contribution in [2.24, 2.45) is 29.6 Å². The molecule has 0 aliphatic carbocycles. The van der Waals surface area contributed by atoms with Gasteiger partial charge in [0.05, 0.1) is 46.3 Å². The van der Waals surface area contributed by atoms with Gasteiger partial charge in [0.2, 0.25) is 12.2 Å². The van der Waals surface area contributed by atoms with Crippen LogP contribution in [0.15, 0.2) is 54.7 Å². The van der Waals surface area contributed by atoms with Gasteiger partial charge < -0.3 is 80.8 Å². The molecule has 2 aliphatic heterocycles. The number of alkyl halides is 1. The molecule has 5 rings (SSSR count). The second kappa shape index (κ2) is 38.2. The highest BCUT2D eigenvalue weighted by atomic mass is 79.9. The average Bonchev–Trinajstić information content (AvgIpc) is 1.44. The molecule has 540 valence electrons. The number of carbonyl (C=O) groups is 2. The van der Waals surface area contributed by atoms with Crippen molar-refractivity contribution in [2.75, 3.05) is 39.6 Å². The van der Waals surface area contributed by atoms with E-state index in [0.29, 0.717) is 56.6 Å². The van der Waals surface area contributed by atoms with E-state index in [1.165, 1.54) is 18.0 Å². The van der Waals surface area contributed by atoms with E-state index in [4.69, 9.17) is 14.2 Å². The Morgan fingerprint density at radius 2 is 1.51 bits per heavy atom. The molecule has 0 saturated carbocycles. The molecule has 1 aromatic heterocycles. The lowest BCUT2D eigenvalue weighted by Crippen LogP contribution is -2.64. The molecule has 2 aliphatic rings. The number of nitro groups is 1. The normalized spacial score (nSPS) is 24.4. The van der Waals surface area contributed by atoms with Crippen LogP contribution in [0.1, 0.15) is 136 Å². The molecule has 0 radical (unpaired) electrons. The van der Waals surface area contributed by atoms with Gasteiger partial charge in [0.25, 0.3) is 0 Å². The topological polar surface area (TPSA) is 424 Å². The molecule has 29 nitrogen and oxygen atoms in total. The van der Waals surface area contributed by atoms with Gasteiger partial charge in [-0.15, -0.1) is 5.10 Å². The number of likely N-dealkylation sites (tertiary alicyclic amines) is 1. The number of ether oxygens (including phenoxy) is 3. The molecule has 2 saturated heterocycles. The number of carboxylic acid groups (broad SMARTS) is 1. The summed E-state index contributed by atoms with van der Waals surface area (Å²) in [6.45, 7) is 18.0. The van der Waals surface area contributed by atoms with E-state index >= 15 is 0 Å². The van der Waals surface area contributed by atoms with Crippen molar-refractivity contribution in [2.45, 2.75) is 243 Å². The van der Waals surface area contributed by atoms with Gasteiger partial charge in [-0.05, 0) is 101 Å². The summed E-state index contributed by atoms with van der Waals surface area (Å²) in [5.74, 6) is -5.73. The largest absolute Gasteiger partial charge is 0.479 e. The van der Waals surface area contributed by atoms with Crippen LogP contribution in [0.5, 0.6) is 5.75 Å². The maximum Gasteiger partial charge on any atom is 0.335 e. The molecule has 15 N–H and O–H groups in total. The summed E-state index contributed by atoms with van der Waals surface area (Å²) in [7, 11) is 4.79. The Kier molecular flexibility index (Phi) is 32.6. The second-order valence-corrected chi connectivity index (χ2v) is 27.2. The summed E-state index contributed by atoms with van der Waals surface area (Å²) in [6.07, 6.45) is -15.7. The van der Waals surface area contributed by atoms with Crippen LogP contribution in [0, 0.1) is 39.7 Å². The van der Waals surface area contributed by atoms with Gasteiger partial charge in [0.1, 0.15) is 55.6 Å². The Bertz CT molecular complexity index is 2780. The number of halogens is 1.